The van der Waals surface area contributed by atoms with Gasteiger partial charge in [0.1, 0.15) is 0 Å². The summed E-state index contributed by atoms with van der Waals surface area (Å²) in [7, 11) is 0. The lowest BCUT2D eigenvalue weighted by molar-refractivity contribution is -0.114. The Labute approximate surface area is 211 Å². The quantitative estimate of drug-likeness (QED) is 0.390. The summed E-state index contributed by atoms with van der Waals surface area (Å²) in [6, 6.07) is 24.0. The molecule has 5 rings (SSSR count). The molecule has 6 nitrogen and oxygen atoms in total. The predicted molar refractivity (Wildman–Crippen MR) is 144 cm³/mol. The van der Waals surface area contributed by atoms with Crippen LogP contribution in [0.4, 0.5) is 11.4 Å². The number of fused-ring (bicyclic) bond motifs is 1. The topological polar surface area (TPSA) is 78.2 Å². The van der Waals surface area contributed by atoms with Crippen molar-refractivity contribution >= 4 is 28.2 Å². The molecule has 1 aliphatic heterocycles. The first-order chi connectivity index (χ1) is 17.4. The van der Waals surface area contributed by atoms with Gasteiger partial charge in [0.25, 0.3) is 0 Å². The van der Waals surface area contributed by atoms with E-state index in [-0.39, 0.29) is 18.1 Å². The molecule has 1 aromatic heterocycles. The minimum atomic E-state index is -0.138. The standard InChI is InChI=1S/C30H28N4O2/c1-19-17-34(18-20(2)36-19)25-13-11-24(12-14-25)28-16-32-29-26(23-9-7-22(15-31)8-10-23)5-4-6-27(29)30(28)33-21(3)35/h4-14,16,19-20H,17-18H2,1-3H3,(H,32,33,35). The molecule has 0 radical (unpaired) electrons. The fourth-order valence-electron chi connectivity index (χ4n) is 4.95. The third-order valence-electron chi connectivity index (χ3n) is 6.49. The van der Waals surface area contributed by atoms with Crippen molar-refractivity contribution in [1.82, 2.24) is 4.98 Å². The first-order valence-corrected chi connectivity index (χ1v) is 12.1. The van der Waals surface area contributed by atoms with Gasteiger partial charge in [0, 0.05) is 48.4 Å². The van der Waals surface area contributed by atoms with Gasteiger partial charge >= 0.3 is 0 Å². The molecule has 6 heteroatoms. The predicted octanol–water partition coefficient (Wildman–Crippen LogP) is 6.01. The molecule has 2 heterocycles. The van der Waals surface area contributed by atoms with Crippen molar-refractivity contribution in [3.05, 3.63) is 78.5 Å². The highest BCUT2D eigenvalue weighted by Gasteiger charge is 2.22. The van der Waals surface area contributed by atoms with Gasteiger partial charge in [0.2, 0.25) is 5.91 Å². The average molecular weight is 477 g/mol. The number of rotatable bonds is 4. The number of anilines is 2. The van der Waals surface area contributed by atoms with Crippen LogP contribution in [-0.4, -0.2) is 36.2 Å². The molecule has 36 heavy (non-hydrogen) atoms. The van der Waals surface area contributed by atoms with Crippen LogP contribution in [0.1, 0.15) is 26.3 Å². The van der Waals surface area contributed by atoms with Crippen LogP contribution >= 0.6 is 0 Å². The van der Waals surface area contributed by atoms with E-state index in [9.17, 15) is 4.79 Å². The Bertz CT molecular complexity index is 1450. The molecular weight excluding hydrogens is 448 g/mol. The highest BCUT2D eigenvalue weighted by atomic mass is 16.5. The molecule has 0 bridgehead atoms. The molecule has 1 saturated heterocycles. The van der Waals surface area contributed by atoms with E-state index in [0.29, 0.717) is 5.56 Å². The largest absolute Gasteiger partial charge is 0.372 e. The molecule has 1 fully saturated rings. The Morgan fingerprint density at radius 1 is 0.972 bits per heavy atom. The number of benzene rings is 3. The van der Waals surface area contributed by atoms with Crippen LogP contribution in [-0.2, 0) is 9.53 Å². The van der Waals surface area contributed by atoms with E-state index >= 15 is 0 Å². The van der Waals surface area contributed by atoms with Crippen LogP contribution in [0.3, 0.4) is 0 Å². The number of morpholine rings is 1. The number of nitriles is 1. The monoisotopic (exact) mass is 476 g/mol. The van der Waals surface area contributed by atoms with E-state index in [1.54, 1.807) is 12.1 Å². The summed E-state index contributed by atoms with van der Waals surface area (Å²) in [6.45, 7) is 7.44. The first-order valence-electron chi connectivity index (χ1n) is 12.1. The lowest BCUT2D eigenvalue weighted by Crippen LogP contribution is -2.45. The van der Waals surface area contributed by atoms with Crippen LogP contribution in [0.2, 0.25) is 0 Å². The number of carbonyl (C=O) groups is 1. The van der Waals surface area contributed by atoms with Crippen molar-refractivity contribution in [2.45, 2.75) is 33.0 Å². The number of amides is 1. The van der Waals surface area contributed by atoms with Gasteiger partial charge < -0.3 is 15.0 Å². The summed E-state index contributed by atoms with van der Waals surface area (Å²) in [6.07, 6.45) is 2.21. The number of para-hydroxylation sites is 1. The van der Waals surface area contributed by atoms with Crippen LogP contribution in [0.5, 0.6) is 0 Å². The van der Waals surface area contributed by atoms with Crippen molar-refractivity contribution in [3.8, 4) is 28.3 Å². The molecule has 1 aliphatic rings. The number of ether oxygens (including phenoxy) is 1. The lowest BCUT2D eigenvalue weighted by Gasteiger charge is -2.36. The molecule has 2 atom stereocenters. The van der Waals surface area contributed by atoms with E-state index in [1.807, 2.05) is 36.5 Å². The minimum absolute atomic E-state index is 0.138. The fraction of sp³-hybridized carbons (Fsp3) is 0.233. The molecule has 4 aromatic rings. The summed E-state index contributed by atoms with van der Waals surface area (Å²) in [5, 5.41) is 13.1. The number of nitrogens with zero attached hydrogens (tertiary/aromatic N) is 3. The van der Waals surface area contributed by atoms with Gasteiger partial charge in [-0.3, -0.25) is 9.78 Å². The number of aromatic nitrogens is 1. The van der Waals surface area contributed by atoms with Gasteiger partial charge in [-0.1, -0.05) is 42.5 Å². The average Bonchev–Trinajstić information content (AvgIpc) is 2.88. The molecule has 180 valence electrons. The van der Waals surface area contributed by atoms with Gasteiger partial charge in [0.05, 0.1) is 35.0 Å². The second kappa shape index (κ2) is 9.80. The second-order valence-corrected chi connectivity index (χ2v) is 9.33. The van der Waals surface area contributed by atoms with Crippen molar-refractivity contribution in [2.75, 3.05) is 23.3 Å². The zero-order valence-corrected chi connectivity index (χ0v) is 20.7. The Balaban J connectivity index is 1.57. The maximum atomic E-state index is 12.2. The summed E-state index contributed by atoms with van der Waals surface area (Å²) < 4.78 is 5.87. The van der Waals surface area contributed by atoms with Crippen molar-refractivity contribution in [2.24, 2.45) is 0 Å². The summed E-state index contributed by atoms with van der Waals surface area (Å²) in [5.74, 6) is -0.138. The Hall–Kier alpha value is -4.21. The zero-order chi connectivity index (χ0) is 25.2. The normalized spacial score (nSPS) is 17.6. The van der Waals surface area contributed by atoms with Crippen LogP contribution < -0.4 is 10.2 Å². The molecule has 1 amide bonds. The summed E-state index contributed by atoms with van der Waals surface area (Å²) >= 11 is 0. The molecule has 0 saturated carbocycles. The smallest absolute Gasteiger partial charge is 0.221 e. The summed E-state index contributed by atoms with van der Waals surface area (Å²) in [5.41, 5.74) is 7.05. The molecular formula is C30H28N4O2. The number of pyridine rings is 1. The van der Waals surface area contributed by atoms with E-state index in [2.05, 4.69) is 54.4 Å². The molecule has 2 unspecified atom stereocenters. The summed E-state index contributed by atoms with van der Waals surface area (Å²) in [4.78, 5) is 19.4. The maximum absolute atomic E-state index is 12.2. The number of carbonyl (C=O) groups excluding carboxylic acids is 1. The third-order valence-corrected chi connectivity index (χ3v) is 6.49. The van der Waals surface area contributed by atoms with Crippen LogP contribution in [0, 0.1) is 11.3 Å². The fourth-order valence-corrected chi connectivity index (χ4v) is 4.95. The number of nitrogens with one attached hydrogen (secondary N) is 1. The Kier molecular flexibility index (Phi) is 6.41. The van der Waals surface area contributed by atoms with Gasteiger partial charge in [-0.25, -0.2) is 0 Å². The van der Waals surface area contributed by atoms with E-state index in [1.165, 1.54) is 6.92 Å². The van der Waals surface area contributed by atoms with E-state index in [0.717, 1.165) is 57.6 Å². The van der Waals surface area contributed by atoms with Crippen LogP contribution in [0.25, 0.3) is 33.2 Å². The second-order valence-electron chi connectivity index (χ2n) is 9.33. The number of hydrogen-bond donors (Lipinski definition) is 1. The van der Waals surface area contributed by atoms with Crippen molar-refractivity contribution < 1.29 is 9.53 Å². The Morgan fingerprint density at radius 2 is 1.61 bits per heavy atom. The molecule has 0 spiro atoms. The highest BCUT2D eigenvalue weighted by molar-refractivity contribution is 6.09. The van der Waals surface area contributed by atoms with Crippen LogP contribution in [0.15, 0.2) is 72.9 Å². The zero-order valence-electron chi connectivity index (χ0n) is 20.7. The maximum Gasteiger partial charge on any atom is 0.221 e. The first kappa shape index (κ1) is 23.5. The van der Waals surface area contributed by atoms with Crippen molar-refractivity contribution in [1.29, 1.82) is 5.26 Å². The molecule has 1 N–H and O–H groups in total. The van der Waals surface area contributed by atoms with Gasteiger partial charge in [0.15, 0.2) is 0 Å². The van der Waals surface area contributed by atoms with E-state index in [4.69, 9.17) is 15.0 Å². The van der Waals surface area contributed by atoms with Crippen molar-refractivity contribution in [3.63, 3.8) is 0 Å². The third kappa shape index (κ3) is 4.66. The van der Waals surface area contributed by atoms with E-state index < -0.39 is 0 Å². The highest BCUT2D eigenvalue weighted by Crippen LogP contribution is 2.38. The SMILES string of the molecule is CC(=O)Nc1c(-c2ccc(N3CC(C)OC(C)C3)cc2)cnc2c(-c3ccc(C#N)cc3)cccc12. The van der Waals surface area contributed by atoms with Gasteiger partial charge in [-0.2, -0.15) is 5.26 Å². The minimum Gasteiger partial charge on any atom is -0.372 e. The lowest BCUT2D eigenvalue weighted by atomic mass is 9.97. The number of hydrogen-bond acceptors (Lipinski definition) is 5. The Morgan fingerprint density at radius 3 is 2.25 bits per heavy atom. The molecule has 0 aliphatic carbocycles. The van der Waals surface area contributed by atoms with Gasteiger partial charge in [-0.15, -0.1) is 0 Å². The van der Waals surface area contributed by atoms with Gasteiger partial charge in [-0.05, 0) is 49.2 Å². The molecule has 3 aromatic carbocycles.